The number of nitrogens with two attached hydrogens (primary N) is 1. The zero-order valence-corrected chi connectivity index (χ0v) is 17.6. The van der Waals surface area contributed by atoms with Gasteiger partial charge in [0.05, 0.1) is 0 Å². The maximum atomic E-state index is 11.9. The molecule has 1 aliphatic heterocycles. The largest absolute Gasteiger partial charge is 0.444 e. The number of carbonyl (C=O) groups excluding carboxylic acids is 1. The molecule has 2 fully saturated rings. The molecule has 6 heteroatoms. The van der Waals surface area contributed by atoms with Gasteiger partial charge in [0.15, 0.2) is 0 Å². The van der Waals surface area contributed by atoms with Crippen LogP contribution in [0.2, 0.25) is 0 Å². The molecule has 3 N–H and O–H groups in total. The minimum absolute atomic E-state index is 0.256. The summed E-state index contributed by atoms with van der Waals surface area (Å²) in [5, 5.41) is 3.04. The Bertz CT molecular complexity index is 642. The van der Waals surface area contributed by atoms with E-state index in [4.69, 9.17) is 10.5 Å². The standard InChI is InChI=1S/C22H36N4O2/c1-22(2,3)28-21(27)24-19-9-7-17(8-10-19)16-25-11-13-26(14-12-25)20-6-4-5-18(23)15-20/h4-6,15,17,19H,7-14,16,23H2,1-3H3,(H,24,27). The van der Waals surface area contributed by atoms with Crippen molar-refractivity contribution in [2.45, 2.75) is 58.1 Å². The van der Waals surface area contributed by atoms with E-state index in [0.717, 1.165) is 50.6 Å². The fourth-order valence-electron chi connectivity index (χ4n) is 4.24. The molecule has 28 heavy (non-hydrogen) atoms. The van der Waals surface area contributed by atoms with Crippen molar-refractivity contribution in [3.05, 3.63) is 24.3 Å². The second-order valence-corrected chi connectivity index (χ2v) is 9.25. The highest BCUT2D eigenvalue weighted by molar-refractivity contribution is 5.68. The van der Waals surface area contributed by atoms with Gasteiger partial charge >= 0.3 is 6.09 Å². The molecule has 0 spiro atoms. The number of rotatable bonds is 4. The van der Waals surface area contributed by atoms with Gasteiger partial charge in [-0.3, -0.25) is 4.90 Å². The molecule has 2 aliphatic rings. The van der Waals surface area contributed by atoms with Crippen LogP contribution in [-0.4, -0.2) is 55.4 Å². The van der Waals surface area contributed by atoms with Crippen molar-refractivity contribution in [3.8, 4) is 0 Å². The maximum Gasteiger partial charge on any atom is 0.407 e. The average Bonchev–Trinajstić information content (AvgIpc) is 2.62. The lowest BCUT2D eigenvalue weighted by molar-refractivity contribution is 0.0483. The van der Waals surface area contributed by atoms with Crippen LogP contribution in [0.3, 0.4) is 0 Å². The Labute approximate surface area is 169 Å². The van der Waals surface area contributed by atoms with Crippen LogP contribution < -0.4 is 16.0 Å². The van der Waals surface area contributed by atoms with Crippen molar-refractivity contribution in [2.75, 3.05) is 43.4 Å². The lowest BCUT2D eigenvalue weighted by atomic mass is 9.85. The summed E-state index contributed by atoms with van der Waals surface area (Å²) in [5.41, 5.74) is 7.54. The van der Waals surface area contributed by atoms with Gasteiger partial charge in [-0.15, -0.1) is 0 Å². The lowest BCUT2D eigenvalue weighted by Gasteiger charge is -2.39. The second kappa shape index (κ2) is 9.03. The lowest BCUT2D eigenvalue weighted by Crippen LogP contribution is -2.48. The molecule has 6 nitrogen and oxygen atoms in total. The highest BCUT2D eigenvalue weighted by Gasteiger charge is 2.27. The van der Waals surface area contributed by atoms with E-state index in [9.17, 15) is 4.79 Å². The molecule has 1 aliphatic carbocycles. The topological polar surface area (TPSA) is 70.8 Å². The summed E-state index contributed by atoms with van der Waals surface area (Å²) < 4.78 is 5.37. The third kappa shape index (κ3) is 6.30. The summed E-state index contributed by atoms with van der Waals surface area (Å²) in [5.74, 6) is 0.732. The fraction of sp³-hybridized carbons (Fsp3) is 0.682. The van der Waals surface area contributed by atoms with Gasteiger partial charge in [-0.25, -0.2) is 4.79 Å². The van der Waals surface area contributed by atoms with Gasteiger partial charge in [0.1, 0.15) is 5.60 Å². The van der Waals surface area contributed by atoms with Crippen molar-refractivity contribution in [1.82, 2.24) is 10.2 Å². The number of hydrogen-bond acceptors (Lipinski definition) is 5. The number of benzene rings is 1. The van der Waals surface area contributed by atoms with Crippen LogP contribution in [0.1, 0.15) is 46.5 Å². The predicted octanol–water partition coefficient (Wildman–Crippen LogP) is 3.47. The van der Waals surface area contributed by atoms with Crippen LogP contribution in [0.25, 0.3) is 0 Å². The van der Waals surface area contributed by atoms with E-state index in [0.29, 0.717) is 0 Å². The van der Waals surface area contributed by atoms with Crippen LogP contribution in [0, 0.1) is 5.92 Å². The number of anilines is 2. The van der Waals surface area contributed by atoms with Gasteiger partial charge in [-0.1, -0.05) is 6.07 Å². The SMILES string of the molecule is CC(C)(C)OC(=O)NC1CCC(CN2CCN(c3cccc(N)c3)CC2)CC1. The van der Waals surface area contributed by atoms with Crippen molar-refractivity contribution in [3.63, 3.8) is 0 Å². The van der Waals surface area contributed by atoms with Gasteiger partial charge < -0.3 is 20.7 Å². The molecule has 0 bridgehead atoms. The number of nitrogens with zero attached hydrogens (tertiary/aromatic N) is 2. The molecule has 1 aromatic carbocycles. The average molecular weight is 389 g/mol. The Kier molecular flexibility index (Phi) is 6.70. The highest BCUT2D eigenvalue weighted by atomic mass is 16.6. The monoisotopic (exact) mass is 388 g/mol. The van der Waals surface area contributed by atoms with Gasteiger partial charge in [0.2, 0.25) is 0 Å². The van der Waals surface area contributed by atoms with Gasteiger partial charge in [0.25, 0.3) is 0 Å². The van der Waals surface area contributed by atoms with E-state index in [1.54, 1.807) is 0 Å². The summed E-state index contributed by atoms with van der Waals surface area (Å²) in [6, 6.07) is 8.43. The smallest absolute Gasteiger partial charge is 0.407 e. The predicted molar refractivity (Wildman–Crippen MR) is 115 cm³/mol. The number of amides is 1. The van der Waals surface area contributed by atoms with Crippen LogP contribution in [0.4, 0.5) is 16.2 Å². The molecule has 156 valence electrons. The highest BCUT2D eigenvalue weighted by Crippen LogP contribution is 2.26. The number of alkyl carbamates (subject to hydrolysis) is 1. The van der Waals surface area contributed by atoms with Gasteiger partial charge in [-0.2, -0.15) is 0 Å². The van der Waals surface area contributed by atoms with Crippen LogP contribution >= 0.6 is 0 Å². The quantitative estimate of drug-likeness (QED) is 0.773. The minimum atomic E-state index is -0.436. The third-order valence-electron chi connectivity index (χ3n) is 5.69. The van der Waals surface area contributed by atoms with E-state index in [1.165, 1.54) is 25.1 Å². The maximum absolute atomic E-state index is 11.9. The minimum Gasteiger partial charge on any atom is -0.444 e. The van der Waals surface area contributed by atoms with Crippen LogP contribution in [0.15, 0.2) is 24.3 Å². The number of piperazine rings is 1. The Hall–Kier alpha value is -1.95. The van der Waals surface area contributed by atoms with Gasteiger partial charge in [-0.05, 0) is 70.6 Å². The number of nitrogen functional groups attached to an aromatic ring is 1. The van der Waals surface area contributed by atoms with Crippen molar-refractivity contribution in [2.24, 2.45) is 5.92 Å². The summed E-state index contributed by atoms with van der Waals surface area (Å²) in [7, 11) is 0. The Morgan fingerprint density at radius 3 is 2.43 bits per heavy atom. The summed E-state index contributed by atoms with van der Waals surface area (Å²) >= 11 is 0. The Balaban J connectivity index is 1.36. The first-order valence-corrected chi connectivity index (χ1v) is 10.6. The first kappa shape index (κ1) is 20.8. The third-order valence-corrected chi connectivity index (χ3v) is 5.69. The molecule has 0 atom stereocenters. The molecule has 0 radical (unpaired) electrons. The summed E-state index contributed by atoms with van der Waals surface area (Å²) in [4.78, 5) is 17.0. The van der Waals surface area contributed by atoms with E-state index < -0.39 is 5.60 Å². The first-order valence-electron chi connectivity index (χ1n) is 10.6. The molecule has 0 unspecified atom stereocenters. The van der Waals surface area contributed by atoms with Crippen molar-refractivity contribution >= 4 is 17.5 Å². The van der Waals surface area contributed by atoms with Gasteiger partial charge in [0, 0.05) is 50.1 Å². The van der Waals surface area contributed by atoms with Crippen LogP contribution in [0.5, 0.6) is 0 Å². The van der Waals surface area contributed by atoms with E-state index >= 15 is 0 Å². The molecule has 1 amide bonds. The number of carbonyl (C=O) groups is 1. The van der Waals surface area contributed by atoms with Crippen LogP contribution in [-0.2, 0) is 4.74 Å². The van der Waals surface area contributed by atoms with E-state index in [-0.39, 0.29) is 12.1 Å². The first-order chi connectivity index (χ1) is 13.3. The van der Waals surface area contributed by atoms with Crippen molar-refractivity contribution in [1.29, 1.82) is 0 Å². The molecular weight excluding hydrogens is 352 g/mol. The second-order valence-electron chi connectivity index (χ2n) is 9.25. The summed E-state index contributed by atoms with van der Waals surface area (Å²) in [6.07, 6.45) is 4.17. The number of ether oxygens (including phenoxy) is 1. The van der Waals surface area contributed by atoms with Crippen molar-refractivity contribution < 1.29 is 9.53 Å². The zero-order valence-electron chi connectivity index (χ0n) is 17.6. The Morgan fingerprint density at radius 2 is 1.82 bits per heavy atom. The molecular formula is C22H36N4O2. The van der Waals surface area contributed by atoms with E-state index in [2.05, 4.69) is 27.2 Å². The molecule has 0 aromatic heterocycles. The zero-order chi connectivity index (χ0) is 20.1. The molecule has 1 saturated carbocycles. The number of hydrogen-bond donors (Lipinski definition) is 2. The molecule has 1 saturated heterocycles. The number of nitrogens with one attached hydrogen (secondary N) is 1. The molecule has 3 rings (SSSR count). The fourth-order valence-corrected chi connectivity index (χ4v) is 4.24. The Morgan fingerprint density at radius 1 is 1.14 bits per heavy atom. The molecule has 1 aromatic rings. The summed E-state index contributed by atoms with van der Waals surface area (Å²) in [6.45, 7) is 11.2. The molecule has 1 heterocycles. The normalized spacial score (nSPS) is 24.0. The van der Waals surface area contributed by atoms with E-state index in [1.807, 2.05) is 32.9 Å².